The number of carbonyl (C=O) groups is 1. The first kappa shape index (κ1) is 17.2. The molecule has 26 heavy (non-hydrogen) atoms. The fourth-order valence-electron chi connectivity index (χ4n) is 3.79. The van der Waals surface area contributed by atoms with Crippen LogP contribution < -0.4 is 5.32 Å². The van der Waals surface area contributed by atoms with Crippen LogP contribution in [0.2, 0.25) is 0 Å². The van der Waals surface area contributed by atoms with Crippen LogP contribution in [0.15, 0.2) is 30.3 Å². The number of piperidine rings is 1. The molecule has 3 heterocycles. The molecule has 7 nitrogen and oxygen atoms in total. The van der Waals surface area contributed by atoms with E-state index < -0.39 is 0 Å². The largest absolute Gasteiger partial charge is 0.370 e. The third-order valence-corrected chi connectivity index (χ3v) is 5.31. The molecule has 4 rings (SSSR count). The number of amides is 1. The molecule has 138 valence electrons. The van der Waals surface area contributed by atoms with E-state index in [9.17, 15) is 4.79 Å². The van der Waals surface area contributed by atoms with Crippen molar-refractivity contribution in [1.82, 2.24) is 25.2 Å². The minimum Gasteiger partial charge on any atom is -0.370 e. The van der Waals surface area contributed by atoms with Crippen LogP contribution in [0.5, 0.6) is 0 Å². The molecule has 1 aromatic heterocycles. The highest BCUT2D eigenvalue weighted by atomic mass is 16.5. The number of hydrogen-bond donors (Lipinski definition) is 1. The van der Waals surface area contributed by atoms with Gasteiger partial charge in [0.15, 0.2) is 5.69 Å². The Hall–Kier alpha value is -2.25. The van der Waals surface area contributed by atoms with E-state index in [1.807, 2.05) is 46.8 Å². The van der Waals surface area contributed by atoms with E-state index in [1.54, 1.807) is 0 Å². The summed E-state index contributed by atoms with van der Waals surface area (Å²) < 4.78 is 7.80. The van der Waals surface area contributed by atoms with Crippen molar-refractivity contribution in [3.05, 3.63) is 47.3 Å². The van der Waals surface area contributed by atoms with Gasteiger partial charge in [0, 0.05) is 6.54 Å². The number of nitrogens with zero attached hydrogens (tertiary/aromatic N) is 4. The number of nitrogens with one attached hydrogen (secondary N) is 1. The number of rotatable bonds is 3. The van der Waals surface area contributed by atoms with Gasteiger partial charge in [0.2, 0.25) is 0 Å². The summed E-state index contributed by atoms with van der Waals surface area (Å²) in [6, 6.07) is 10.4. The molecular weight excluding hydrogens is 330 g/mol. The molecule has 2 aliphatic heterocycles. The number of carbonyl (C=O) groups excluding carboxylic acids is 1. The lowest BCUT2D eigenvalue weighted by Gasteiger charge is -2.33. The van der Waals surface area contributed by atoms with E-state index in [4.69, 9.17) is 4.74 Å². The summed E-state index contributed by atoms with van der Waals surface area (Å²) in [5.74, 6) is -0.0492. The summed E-state index contributed by atoms with van der Waals surface area (Å²) in [6.07, 6.45) is 1.95. The summed E-state index contributed by atoms with van der Waals surface area (Å²) in [5, 5.41) is 11.9. The van der Waals surface area contributed by atoms with Gasteiger partial charge in [-0.2, -0.15) is 0 Å². The van der Waals surface area contributed by atoms with Crippen molar-refractivity contribution >= 4 is 5.91 Å². The molecule has 7 heteroatoms. The van der Waals surface area contributed by atoms with Crippen molar-refractivity contribution < 1.29 is 9.53 Å². The van der Waals surface area contributed by atoms with Gasteiger partial charge in [0.1, 0.15) is 6.10 Å². The number of hydrogen-bond acceptors (Lipinski definition) is 5. The van der Waals surface area contributed by atoms with Crippen molar-refractivity contribution in [1.29, 1.82) is 0 Å². The Morgan fingerprint density at radius 2 is 2.00 bits per heavy atom. The van der Waals surface area contributed by atoms with Gasteiger partial charge in [-0.25, -0.2) is 4.68 Å². The van der Waals surface area contributed by atoms with Gasteiger partial charge in [0.05, 0.1) is 24.9 Å². The summed E-state index contributed by atoms with van der Waals surface area (Å²) in [6.45, 7) is 5.58. The van der Waals surface area contributed by atoms with Gasteiger partial charge in [-0.15, -0.1) is 5.10 Å². The van der Waals surface area contributed by atoms with Crippen molar-refractivity contribution in [2.24, 2.45) is 0 Å². The monoisotopic (exact) mass is 355 g/mol. The fourth-order valence-corrected chi connectivity index (χ4v) is 3.79. The van der Waals surface area contributed by atoms with Crippen LogP contribution in [-0.2, 0) is 4.74 Å². The minimum atomic E-state index is -0.0892. The zero-order chi connectivity index (χ0) is 17.9. The lowest BCUT2D eigenvalue weighted by atomic mass is 10.1. The molecule has 1 atom stereocenters. The highest BCUT2D eigenvalue weighted by molar-refractivity contribution is 5.93. The van der Waals surface area contributed by atoms with Crippen LogP contribution in [0.25, 0.3) is 0 Å². The van der Waals surface area contributed by atoms with Crippen LogP contribution >= 0.6 is 0 Å². The molecule has 0 spiro atoms. The lowest BCUT2D eigenvalue weighted by molar-refractivity contribution is -0.0230. The molecule has 1 aromatic carbocycles. The second-order valence-electron chi connectivity index (χ2n) is 6.97. The maximum absolute atomic E-state index is 13.0. The predicted molar refractivity (Wildman–Crippen MR) is 96.9 cm³/mol. The Bertz CT molecular complexity index is 755. The van der Waals surface area contributed by atoms with E-state index >= 15 is 0 Å². The van der Waals surface area contributed by atoms with Gasteiger partial charge in [-0.05, 0) is 38.4 Å². The summed E-state index contributed by atoms with van der Waals surface area (Å²) in [5.41, 5.74) is 2.43. The first-order valence-electron chi connectivity index (χ1n) is 9.32. The van der Waals surface area contributed by atoms with E-state index in [2.05, 4.69) is 15.6 Å². The van der Waals surface area contributed by atoms with Crippen LogP contribution in [0, 0.1) is 6.92 Å². The molecule has 0 aliphatic carbocycles. The third kappa shape index (κ3) is 3.37. The highest BCUT2D eigenvalue weighted by Gasteiger charge is 2.30. The van der Waals surface area contributed by atoms with Crippen molar-refractivity contribution in [3.8, 4) is 0 Å². The topological polar surface area (TPSA) is 72.3 Å². The Kier molecular flexibility index (Phi) is 4.99. The molecule has 2 aliphatic rings. The molecule has 2 saturated heterocycles. The Morgan fingerprint density at radius 3 is 2.77 bits per heavy atom. The highest BCUT2D eigenvalue weighted by Crippen LogP contribution is 2.25. The first-order valence-corrected chi connectivity index (χ1v) is 9.32. The van der Waals surface area contributed by atoms with E-state index in [1.165, 1.54) is 0 Å². The van der Waals surface area contributed by atoms with Gasteiger partial charge in [-0.3, -0.25) is 4.79 Å². The van der Waals surface area contributed by atoms with Crippen LogP contribution in [0.3, 0.4) is 0 Å². The van der Waals surface area contributed by atoms with Crippen molar-refractivity contribution in [2.75, 3.05) is 32.8 Å². The van der Waals surface area contributed by atoms with Crippen molar-refractivity contribution in [3.63, 3.8) is 0 Å². The van der Waals surface area contributed by atoms with E-state index in [-0.39, 0.29) is 12.0 Å². The lowest BCUT2D eigenvalue weighted by Crippen LogP contribution is -2.42. The maximum atomic E-state index is 13.0. The molecule has 0 radical (unpaired) electrons. The Morgan fingerprint density at radius 1 is 1.23 bits per heavy atom. The number of ether oxygens (including phenoxy) is 1. The van der Waals surface area contributed by atoms with Crippen LogP contribution in [0.1, 0.15) is 46.7 Å². The minimum absolute atomic E-state index is 0.0492. The van der Waals surface area contributed by atoms with Gasteiger partial charge in [-0.1, -0.05) is 35.5 Å². The van der Waals surface area contributed by atoms with Gasteiger partial charge < -0.3 is 15.0 Å². The third-order valence-electron chi connectivity index (χ3n) is 5.31. The number of benzene rings is 1. The van der Waals surface area contributed by atoms with Crippen LogP contribution in [0.4, 0.5) is 0 Å². The molecule has 0 bridgehead atoms. The normalized spacial score (nSPS) is 21.7. The second kappa shape index (κ2) is 7.55. The average molecular weight is 355 g/mol. The first-order chi connectivity index (χ1) is 12.7. The molecular formula is C19H25N5O2. The Labute approximate surface area is 153 Å². The standard InChI is InChI=1S/C19H25N5O2/c1-14-18(21-22-24(14)16-7-9-20-10-8-16)19(25)23-11-12-26-17(13-23)15-5-3-2-4-6-15/h2-6,16-17,20H,7-13H2,1H3/t17-/m1/s1. The second-order valence-corrected chi connectivity index (χ2v) is 6.97. The molecule has 0 saturated carbocycles. The van der Waals surface area contributed by atoms with Crippen molar-refractivity contribution in [2.45, 2.75) is 31.9 Å². The predicted octanol–water partition coefficient (Wildman–Crippen LogP) is 1.72. The SMILES string of the molecule is Cc1c(C(=O)N2CCO[C@@H](c3ccccc3)C2)nnn1C1CCNCC1. The maximum Gasteiger partial charge on any atom is 0.276 e. The number of aromatic nitrogens is 3. The molecule has 0 unspecified atom stereocenters. The average Bonchev–Trinajstić information content (AvgIpc) is 3.10. The molecule has 1 amide bonds. The smallest absolute Gasteiger partial charge is 0.276 e. The molecule has 1 N–H and O–H groups in total. The van der Waals surface area contributed by atoms with E-state index in [0.717, 1.165) is 37.2 Å². The quantitative estimate of drug-likeness (QED) is 0.908. The van der Waals surface area contributed by atoms with Gasteiger partial charge >= 0.3 is 0 Å². The van der Waals surface area contributed by atoms with Crippen LogP contribution in [-0.4, -0.2) is 58.6 Å². The summed E-state index contributed by atoms with van der Waals surface area (Å²) in [4.78, 5) is 14.9. The van der Waals surface area contributed by atoms with E-state index in [0.29, 0.717) is 31.4 Å². The fraction of sp³-hybridized carbons (Fsp3) is 0.526. The summed E-state index contributed by atoms with van der Waals surface area (Å²) >= 11 is 0. The number of morpholine rings is 1. The van der Waals surface area contributed by atoms with Gasteiger partial charge in [0.25, 0.3) is 5.91 Å². The molecule has 2 aromatic rings. The zero-order valence-electron chi connectivity index (χ0n) is 15.1. The molecule has 2 fully saturated rings. The summed E-state index contributed by atoms with van der Waals surface area (Å²) in [7, 11) is 0. The zero-order valence-corrected chi connectivity index (χ0v) is 15.1. The Balaban J connectivity index is 1.49.